The fraction of sp³-hybridized carbons (Fsp3) is 0.364. The maximum Gasteiger partial charge on any atom is 0.239 e. The molecule has 30 heavy (non-hydrogen) atoms. The molecule has 0 atom stereocenters. The van der Waals surface area contributed by atoms with Gasteiger partial charge in [-0.3, -0.25) is 9.79 Å². The highest BCUT2D eigenvalue weighted by atomic mass is 127. The van der Waals surface area contributed by atoms with Crippen molar-refractivity contribution in [1.29, 1.82) is 0 Å². The molecule has 1 saturated heterocycles. The standard InChI is InChI=1S/C22H29N5OS.HI/c1-23-22(26(2)15-18-6-10-20(29-3)11-7-18)25-14-17-4-8-19(9-5-17)27-13-12-24-21(28)16-27;/h4-11H,12-16H2,1-3H3,(H,23,25)(H,24,28);1H. The molecule has 0 aliphatic carbocycles. The lowest BCUT2D eigenvalue weighted by Crippen LogP contribution is -2.47. The van der Waals surface area contributed by atoms with Crippen LogP contribution in [0.4, 0.5) is 5.69 Å². The molecular formula is C22H30IN5OS. The summed E-state index contributed by atoms with van der Waals surface area (Å²) < 4.78 is 0. The average Bonchev–Trinajstić information content (AvgIpc) is 2.75. The van der Waals surface area contributed by atoms with Crippen LogP contribution in [0.25, 0.3) is 0 Å². The van der Waals surface area contributed by atoms with Crippen molar-refractivity contribution < 1.29 is 4.79 Å². The van der Waals surface area contributed by atoms with Gasteiger partial charge in [-0.2, -0.15) is 0 Å². The molecule has 1 fully saturated rings. The van der Waals surface area contributed by atoms with Gasteiger partial charge in [0.2, 0.25) is 5.91 Å². The molecule has 0 spiro atoms. The van der Waals surface area contributed by atoms with Crippen LogP contribution in [-0.4, -0.2) is 56.8 Å². The number of hydrogen-bond donors (Lipinski definition) is 2. The number of nitrogens with one attached hydrogen (secondary N) is 2. The van der Waals surface area contributed by atoms with Crippen molar-refractivity contribution in [3.05, 3.63) is 59.7 Å². The highest BCUT2D eigenvalue weighted by Crippen LogP contribution is 2.17. The molecule has 6 nitrogen and oxygen atoms in total. The zero-order valence-corrected chi connectivity index (χ0v) is 20.9. The van der Waals surface area contributed by atoms with Gasteiger partial charge >= 0.3 is 0 Å². The van der Waals surface area contributed by atoms with Crippen LogP contribution >= 0.6 is 35.7 Å². The molecular weight excluding hydrogens is 509 g/mol. The van der Waals surface area contributed by atoms with E-state index in [-0.39, 0.29) is 29.9 Å². The molecule has 0 bridgehead atoms. The Morgan fingerprint density at radius 2 is 1.83 bits per heavy atom. The van der Waals surface area contributed by atoms with E-state index >= 15 is 0 Å². The molecule has 8 heteroatoms. The fourth-order valence-corrected chi connectivity index (χ4v) is 3.74. The van der Waals surface area contributed by atoms with Crippen LogP contribution < -0.4 is 15.5 Å². The second-order valence-corrected chi connectivity index (χ2v) is 7.92. The first-order valence-corrected chi connectivity index (χ1v) is 11.0. The highest BCUT2D eigenvalue weighted by Gasteiger charge is 2.16. The van der Waals surface area contributed by atoms with E-state index in [1.165, 1.54) is 16.0 Å². The maximum absolute atomic E-state index is 11.6. The number of benzene rings is 2. The second-order valence-electron chi connectivity index (χ2n) is 7.04. The third kappa shape index (κ3) is 6.80. The number of rotatable bonds is 6. The average molecular weight is 539 g/mol. The summed E-state index contributed by atoms with van der Waals surface area (Å²) in [4.78, 5) is 21.5. The summed E-state index contributed by atoms with van der Waals surface area (Å²) >= 11 is 1.75. The first-order valence-electron chi connectivity index (χ1n) is 9.74. The van der Waals surface area contributed by atoms with Crippen molar-refractivity contribution in [1.82, 2.24) is 15.5 Å². The van der Waals surface area contributed by atoms with Gasteiger partial charge < -0.3 is 20.4 Å². The lowest BCUT2D eigenvalue weighted by atomic mass is 10.2. The number of aliphatic imine (C=N–C) groups is 1. The topological polar surface area (TPSA) is 60.0 Å². The number of piperazine rings is 1. The number of thioether (sulfide) groups is 1. The molecule has 0 saturated carbocycles. The summed E-state index contributed by atoms with van der Waals surface area (Å²) in [6, 6.07) is 17.0. The van der Waals surface area contributed by atoms with Gasteiger partial charge in [-0.25, -0.2) is 0 Å². The first-order chi connectivity index (χ1) is 14.1. The highest BCUT2D eigenvalue weighted by molar-refractivity contribution is 14.0. The lowest BCUT2D eigenvalue weighted by Gasteiger charge is -2.28. The summed E-state index contributed by atoms with van der Waals surface area (Å²) in [5.74, 6) is 0.938. The van der Waals surface area contributed by atoms with Crippen molar-refractivity contribution in [2.45, 2.75) is 18.0 Å². The van der Waals surface area contributed by atoms with Crippen LogP contribution in [0.15, 0.2) is 58.4 Å². The molecule has 0 unspecified atom stereocenters. The predicted octanol–water partition coefficient (Wildman–Crippen LogP) is 3.17. The van der Waals surface area contributed by atoms with Gasteiger partial charge in [0, 0.05) is 50.9 Å². The van der Waals surface area contributed by atoms with Gasteiger partial charge in [0.05, 0.1) is 6.54 Å². The molecule has 2 N–H and O–H groups in total. The number of amides is 1. The minimum atomic E-state index is 0. The van der Waals surface area contributed by atoms with Crippen molar-refractivity contribution in [3.63, 3.8) is 0 Å². The predicted molar refractivity (Wildman–Crippen MR) is 137 cm³/mol. The van der Waals surface area contributed by atoms with E-state index in [1.54, 1.807) is 18.8 Å². The summed E-state index contributed by atoms with van der Waals surface area (Å²) in [5.41, 5.74) is 3.51. The number of hydrogen-bond acceptors (Lipinski definition) is 4. The van der Waals surface area contributed by atoms with Gasteiger partial charge in [0.25, 0.3) is 0 Å². The SMILES string of the molecule is CN=C(NCc1ccc(N2CCNC(=O)C2)cc1)N(C)Cc1ccc(SC)cc1.I. The number of anilines is 1. The van der Waals surface area contributed by atoms with Gasteiger partial charge in [0.1, 0.15) is 0 Å². The molecule has 162 valence electrons. The minimum absolute atomic E-state index is 0. The van der Waals surface area contributed by atoms with Gasteiger partial charge in [0.15, 0.2) is 5.96 Å². The number of carbonyl (C=O) groups is 1. The van der Waals surface area contributed by atoms with E-state index in [9.17, 15) is 4.79 Å². The summed E-state index contributed by atoms with van der Waals surface area (Å²) in [5, 5.41) is 6.28. The largest absolute Gasteiger partial charge is 0.360 e. The third-order valence-electron chi connectivity index (χ3n) is 4.94. The summed E-state index contributed by atoms with van der Waals surface area (Å²) in [6.07, 6.45) is 2.09. The number of nitrogens with zero attached hydrogens (tertiary/aromatic N) is 3. The maximum atomic E-state index is 11.6. The Bertz CT molecular complexity index is 842. The molecule has 1 heterocycles. The van der Waals surface area contributed by atoms with Gasteiger partial charge in [-0.1, -0.05) is 24.3 Å². The van der Waals surface area contributed by atoms with E-state index in [1.807, 2.05) is 7.05 Å². The van der Waals surface area contributed by atoms with Crippen LogP contribution in [-0.2, 0) is 17.9 Å². The van der Waals surface area contributed by atoms with Crippen molar-refractivity contribution in [3.8, 4) is 0 Å². The minimum Gasteiger partial charge on any atom is -0.360 e. The normalized spacial score (nSPS) is 14.0. The molecule has 2 aromatic carbocycles. The Balaban J connectivity index is 0.00000320. The Morgan fingerprint density at radius 3 is 2.43 bits per heavy atom. The van der Waals surface area contributed by atoms with Crippen LogP contribution in [0.1, 0.15) is 11.1 Å². The molecule has 3 rings (SSSR count). The molecule has 1 aliphatic rings. The molecule has 0 radical (unpaired) electrons. The van der Waals surface area contributed by atoms with Crippen molar-refractivity contribution in [2.24, 2.45) is 4.99 Å². The van der Waals surface area contributed by atoms with Crippen molar-refractivity contribution >= 4 is 53.3 Å². The fourth-order valence-electron chi connectivity index (χ4n) is 3.33. The summed E-state index contributed by atoms with van der Waals surface area (Å²) in [7, 11) is 3.85. The molecule has 1 amide bonds. The van der Waals surface area contributed by atoms with Crippen LogP contribution in [0.2, 0.25) is 0 Å². The third-order valence-corrected chi connectivity index (χ3v) is 5.69. The van der Waals surface area contributed by atoms with E-state index in [4.69, 9.17) is 0 Å². The van der Waals surface area contributed by atoms with Crippen LogP contribution in [0.5, 0.6) is 0 Å². The number of guanidine groups is 1. The van der Waals surface area contributed by atoms with E-state index < -0.39 is 0 Å². The summed E-state index contributed by atoms with van der Waals surface area (Å²) in [6.45, 7) is 3.46. The van der Waals surface area contributed by atoms with Crippen LogP contribution in [0.3, 0.4) is 0 Å². The Hall–Kier alpha value is -1.94. The Labute approximate surface area is 200 Å². The quantitative estimate of drug-likeness (QED) is 0.256. The number of halogens is 1. The number of carbonyl (C=O) groups excluding carboxylic acids is 1. The Kier molecular flexibility index (Phi) is 9.77. The molecule has 2 aromatic rings. The second kappa shape index (κ2) is 12.0. The van der Waals surface area contributed by atoms with E-state index in [2.05, 4.69) is 80.2 Å². The lowest BCUT2D eigenvalue weighted by molar-refractivity contribution is -0.120. The van der Waals surface area contributed by atoms with Gasteiger partial charge in [-0.15, -0.1) is 35.7 Å². The van der Waals surface area contributed by atoms with Gasteiger partial charge in [-0.05, 0) is 41.6 Å². The molecule has 0 aromatic heterocycles. The van der Waals surface area contributed by atoms with Crippen LogP contribution in [0, 0.1) is 0 Å². The first kappa shape index (κ1) is 24.3. The molecule has 1 aliphatic heterocycles. The van der Waals surface area contributed by atoms with Crippen molar-refractivity contribution in [2.75, 3.05) is 44.9 Å². The smallest absolute Gasteiger partial charge is 0.239 e. The zero-order valence-electron chi connectivity index (χ0n) is 17.7. The Morgan fingerprint density at radius 1 is 1.17 bits per heavy atom. The van der Waals surface area contributed by atoms with E-state index in [0.717, 1.165) is 24.7 Å². The van der Waals surface area contributed by atoms with E-state index in [0.29, 0.717) is 19.6 Å². The monoisotopic (exact) mass is 539 g/mol. The zero-order chi connectivity index (χ0) is 20.6.